The first-order chi connectivity index (χ1) is 15.6. The van der Waals surface area contributed by atoms with Crippen molar-refractivity contribution in [3.63, 3.8) is 0 Å². The summed E-state index contributed by atoms with van der Waals surface area (Å²) in [6.45, 7) is 3.25. The van der Waals surface area contributed by atoms with E-state index in [1.54, 1.807) is 17.4 Å². The Hall–Kier alpha value is -1.51. The number of fused-ring (bicyclic) bond motifs is 3. The second kappa shape index (κ2) is 10.4. The predicted octanol–water partition coefficient (Wildman–Crippen LogP) is 1.30. The van der Waals surface area contributed by atoms with Crippen LogP contribution in [-0.2, 0) is 26.2 Å². The molecular formula is C25H33BrN2O4S. The van der Waals surface area contributed by atoms with Crippen LogP contribution < -0.4 is 17.0 Å². The fourth-order valence-electron chi connectivity index (χ4n) is 6.22. The van der Waals surface area contributed by atoms with Crippen LogP contribution in [0.15, 0.2) is 34.4 Å². The Labute approximate surface area is 210 Å². The number of carbonyl (C=O) groups is 2. The average Bonchev–Trinajstić information content (AvgIpc) is 3.45. The van der Waals surface area contributed by atoms with Gasteiger partial charge in [0.05, 0.1) is 25.2 Å². The zero-order valence-electron chi connectivity index (χ0n) is 19.0. The van der Waals surface area contributed by atoms with Crippen molar-refractivity contribution >= 4 is 23.1 Å². The van der Waals surface area contributed by atoms with Gasteiger partial charge >= 0.3 is 5.97 Å². The van der Waals surface area contributed by atoms with E-state index in [1.165, 1.54) is 19.1 Å². The molecule has 0 amide bonds. The number of halogens is 1. The highest BCUT2D eigenvalue weighted by Gasteiger charge is 2.51. The van der Waals surface area contributed by atoms with Gasteiger partial charge in [0, 0.05) is 29.7 Å². The zero-order valence-corrected chi connectivity index (χ0v) is 21.4. The number of ether oxygens (including phenoxy) is 1. The van der Waals surface area contributed by atoms with E-state index >= 15 is 0 Å². The van der Waals surface area contributed by atoms with Crippen LogP contribution >= 0.6 is 11.3 Å². The summed E-state index contributed by atoms with van der Waals surface area (Å²) in [4.78, 5) is 27.7. The third kappa shape index (κ3) is 5.13. The summed E-state index contributed by atoms with van der Waals surface area (Å²) in [6, 6.07) is 5.92. The SMILES string of the molecule is O=C(Cc1ccon1)C[N+]12CCC(CC1)[C@@H](OC(=O)C1(c3cccs3)CCCCCC1)C2.[Br-]. The number of hydrogen-bond donors (Lipinski definition) is 0. The van der Waals surface area contributed by atoms with E-state index in [2.05, 4.69) is 22.7 Å². The number of aromatic nitrogens is 1. The van der Waals surface area contributed by atoms with Crippen molar-refractivity contribution in [2.24, 2.45) is 5.92 Å². The normalized spacial score (nSPS) is 28.5. The van der Waals surface area contributed by atoms with Crippen molar-refractivity contribution in [1.82, 2.24) is 5.16 Å². The molecule has 0 aromatic carbocycles. The highest BCUT2D eigenvalue weighted by atomic mass is 79.9. The molecule has 5 heterocycles. The summed E-state index contributed by atoms with van der Waals surface area (Å²) in [6.07, 6.45) is 10.1. The minimum Gasteiger partial charge on any atom is -1.00 e. The molecule has 8 heteroatoms. The molecule has 0 radical (unpaired) electrons. The molecule has 4 aliphatic rings. The second-order valence-electron chi connectivity index (χ2n) is 10.1. The third-order valence-corrected chi connectivity index (χ3v) is 9.10. The fourth-order valence-corrected chi connectivity index (χ4v) is 7.20. The average molecular weight is 538 g/mol. The van der Waals surface area contributed by atoms with Crippen molar-refractivity contribution in [2.75, 3.05) is 26.2 Å². The number of rotatable bonds is 7. The number of ketones is 1. The Balaban J connectivity index is 0.00000259. The van der Waals surface area contributed by atoms with Crippen molar-refractivity contribution in [3.8, 4) is 0 Å². The first-order valence-corrected chi connectivity index (χ1v) is 13.0. The molecule has 33 heavy (non-hydrogen) atoms. The summed E-state index contributed by atoms with van der Waals surface area (Å²) >= 11 is 1.69. The van der Waals surface area contributed by atoms with Crippen LogP contribution in [0.5, 0.6) is 0 Å². The van der Waals surface area contributed by atoms with Crippen LogP contribution in [0.25, 0.3) is 0 Å². The Morgan fingerprint density at radius 1 is 1.15 bits per heavy atom. The van der Waals surface area contributed by atoms with Crippen LogP contribution in [-0.4, -0.2) is 53.7 Å². The molecule has 1 aliphatic carbocycles. The molecule has 3 aliphatic heterocycles. The molecule has 2 aromatic heterocycles. The van der Waals surface area contributed by atoms with Crippen molar-refractivity contribution in [2.45, 2.75) is 69.3 Å². The van der Waals surface area contributed by atoms with E-state index in [1.807, 2.05) is 0 Å². The van der Waals surface area contributed by atoms with E-state index in [-0.39, 0.29) is 34.8 Å². The molecule has 1 atom stereocenters. The van der Waals surface area contributed by atoms with Gasteiger partial charge in [0.15, 0.2) is 11.9 Å². The molecule has 0 spiro atoms. The van der Waals surface area contributed by atoms with E-state index in [4.69, 9.17) is 9.26 Å². The van der Waals surface area contributed by atoms with Gasteiger partial charge in [0.2, 0.25) is 0 Å². The van der Waals surface area contributed by atoms with Gasteiger partial charge in [-0.2, -0.15) is 0 Å². The summed E-state index contributed by atoms with van der Waals surface area (Å²) in [5.74, 6) is 0.589. The van der Waals surface area contributed by atoms with Crippen LogP contribution in [0.2, 0.25) is 0 Å². The Morgan fingerprint density at radius 2 is 1.91 bits per heavy atom. The molecular weight excluding hydrogens is 504 g/mol. The Kier molecular flexibility index (Phi) is 7.76. The lowest BCUT2D eigenvalue weighted by atomic mass is 9.78. The largest absolute Gasteiger partial charge is 1.00 e. The van der Waals surface area contributed by atoms with Gasteiger partial charge in [-0.15, -0.1) is 11.3 Å². The maximum Gasteiger partial charge on any atom is 0.317 e. The molecule has 1 saturated carbocycles. The van der Waals surface area contributed by atoms with Crippen LogP contribution in [0, 0.1) is 5.92 Å². The first-order valence-electron chi connectivity index (χ1n) is 12.1. The zero-order chi connectivity index (χ0) is 22.0. The number of nitrogens with zero attached hydrogens (tertiary/aromatic N) is 2. The van der Waals surface area contributed by atoms with E-state index in [0.29, 0.717) is 24.6 Å². The van der Waals surface area contributed by atoms with Gasteiger partial charge < -0.3 is 30.7 Å². The van der Waals surface area contributed by atoms with Gasteiger partial charge in [0.25, 0.3) is 0 Å². The van der Waals surface area contributed by atoms with E-state index in [0.717, 1.165) is 67.5 Å². The highest BCUT2D eigenvalue weighted by Crippen LogP contribution is 2.43. The molecule has 3 saturated heterocycles. The lowest BCUT2D eigenvalue weighted by Gasteiger charge is -2.52. The number of carbonyl (C=O) groups excluding carboxylic acids is 2. The van der Waals surface area contributed by atoms with Gasteiger partial charge in [-0.05, 0) is 24.3 Å². The monoisotopic (exact) mass is 536 g/mol. The predicted molar refractivity (Wildman–Crippen MR) is 121 cm³/mol. The minimum atomic E-state index is -0.482. The number of Topliss-reactive ketones (excluding diaryl/α,β-unsaturated/α-hetero) is 1. The smallest absolute Gasteiger partial charge is 0.317 e. The highest BCUT2D eigenvalue weighted by molar-refractivity contribution is 7.10. The first kappa shape index (κ1) is 24.6. The van der Waals surface area contributed by atoms with Crippen LogP contribution in [0.4, 0.5) is 0 Å². The van der Waals surface area contributed by atoms with E-state index < -0.39 is 5.41 Å². The molecule has 2 bridgehead atoms. The maximum atomic E-state index is 13.7. The minimum absolute atomic E-state index is 0. The summed E-state index contributed by atoms with van der Waals surface area (Å²) in [7, 11) is 0. The fraction of sp³-hybridized carbons (Fsp3) is 0.640. The number of esters is 1. The van der Waals surface area contributed by atoms with Gasteiger partial charge in [-0.25, -0.2) is 0 Å². The third-order valence-electron chi connectivity index (χ3n) is 8.02. The lowest BCUT2D eigenvalue weighted by Crippen LogP contribution is -3.00. The molecule has 0 unspecified atom stereocenters. The Morgan fingerprint density at radius 3 is 2.55 bits per heavy atom. The molecule has 4 fully saturated rings. The summed E-state index contributed by atoms with van der Waals surface area (Å²) < 4.78 is 12.0. The van der Waals surface area contributed by atoms with Gasteiger partial charge in [-0.3, -0.25) is 9.59 Å². The molecule has 6 rings (SSSR count). The van der Waals surface area contributed by atoms with Gasteiger partial charge in [-0.1, -0.05) is 36.9 Å². The number of hydrogen-bond acceptors (Lipinski definition) is 6. The van der Waals surface area contributed by atoms with Crippen LogP contribution in [0.3, 0.4) is 0 Å². The standard InChI is InChI=1S/C25H33N2O4S.BrH/c28-21(16-20-9-14-30-26-20)17-27-12-7-19(8-13-27)22(18-27)31-24(29)25(23-6-5-15-32-23)10-3-1-2-4-11-25;/h5-6,9,14-15,19,22H,1-4,7-8,10-13,16-18H2;1H/q+1;/p-1/t19?,22-,27?;/m0./s1. The van der Waals surface area contributed by atoms with Crippen molar-refractivity contribution < 1.29 is 40.3 Å². The van der Waals surface area contributed by atoms with Crippen molar-refractivity contribution in [1.29, 1.82) is 0 Å². The number of piperidine rings is 3. The Bertz CT molecular complexity index is 914. The molecule has 180 valence electrons. The second-order valence-corrected chi connectivity index (χ2v) is 11.0. The van der Waals surface area contributed by atoms with Crippen LogP contribution in [0.1, 0.15) is 61.9 Å². The molecule has 0 N–H and O–H groups in total. The molecule has 2 aromatic rings. The number of quaternary nitrogens is 1. The number of thiophene rings is 1. The maximum absolute atomic E-state index is 13.7. The lowest BCUT2D eigenvalue weighted by molar-refractivity contribution is -0.939. The summed E-state index contributed by atoms with van der Waals surface area (Å²) in [5.41, 5.74) is 0.207. The van der Waals surface area contributed by atoms with Crippen molar-refractivity contribution in [3.05, 3.63) is 40.4 Å². The van der Waals surface area contributed by atoms with Gasteiger partial charge in [0.1, 0.15) is 24.8 Å². The summed E-state index contributed by atoms with van der Waals surface area (Å²) in [5, 5.41) is 5.96. The quantitative estimate of drug-likeness (QED) is 0.303. The topological polar surface area (TPSA) is 69.4 Å². The van der Waals surface area contributed by atoms with E-state index in [9.17, 15) is 9.59 Å². The molecule has 6 nitrogen and oxygen atoms in total.